The second-order valence-electron chi connectivity index (χ2n) is 5.60. The van der Waals surface area contributed by atoms with E-state index in [4.69, 9.17) is 4.74 Å². The van der Waals surface area contributed by atoms with E-state index in [1.807, 2.05) is 43.5 Å². The minimum absolute atomic E-state index is 0.300. The van der Waals surface area contributed by atoms with Crippen molar-refractivity contribution in [3.05, 3.63) is 60.2 Å². The van der Waals surface area contributed by atoms with Gasteiger partial charge >= 0.3 is 0 Å². The Labute approximate surface area is 131 Å². The average Bonchev–Trinajstić information content (AvgIpc) is 3.37. The Morgan fingerprint density at radius 3 is 2.32 bits per heavy atom. The maximum Gasteiger partial charge on any atom is 0.101 e. The van der Waals surface area contributed by atoms with Crippen LogP contribution < -0.4 is 9.91 Å². The van der Waals surface area contributed by atoms with Crippen molar-refractivity contribution in [2.75, 3.05) is 37.2 Å². The van der Waals surface area contributed by atoms with Crippen molar-refractivity contribution in [1.29, 1.82) is 0 Å². The van der Waals surface area contributed by atoms with Gasteiger partial charge in [0.15, 0.2) is 0 Å². The van der Waals surface area contributed by atoms with Gasteiger partial charge in [-0.05, 0) is 29.8 Å². The summed E-state index contributed by atoms with van der Waals surface area (Å²) in [7, 11) is 4.08. The highest BCUT2D eigenvalue weighted by Crippen LogP contribution is 2.19. The summed E-state index contributed by atoms with van der Waals surface area (Å²) in [5, 5.41) is 6.63. The number of anilines is 2. The Hall–Kier alpha value is -2.33. The first kappa shape index (κ1) is 14.6. The van der Waals surface area contributed by atoms with Gasteiger partial charge in [0.1, 0.15) is 6.10 Å². The van der Waals surface area contributed by atoms with Crippen molar-refractivity contribution in [3.8, 4) is 0 Å². The van der Waals surface area contributed by atoms with Gasteiger partial charge in [0.05, 0.1) is 25.1 Å². The summed E-state index contributed by atoms with van der Waals surface area (Å²) >= 11 is 0. The van der Waals surface area contributed by atoms with Crippen LogP contribution >= 0.6 is 0 Å². The lowest BCUT2D eigenvalue weighted by molar-refractivity contribution is 0.408. The maximum absolute atomic E-state index is 5.33. The van der Waals surface area contributed by atoms with Crippen LogP contribution in [0, 0.1) is 0 Å². The first-order valence-corrected chi connectivity index (χ1v) is 7.48. The quantitative estimate of drug-likeness (QED) is 0.466. The smallest absolute Gasteiger partial charge is 0.101 e. The molecular formula is C18H21N3O. The highest BCUT2D eigenvalue weighted by atomic mass is 16.6. The van der Waals surface area contributed by atoms with E-state index < -0.39 is 0 Å². The fraction of sp³-hybridized carbons (Fsp3) is 0.278. The number of para-hydroxylation sites is 1. The molecule has 0 aliphatic carbocycles. The normalized spacial score (nSPS) is 16.7. The fourth-order valence-electron chi connectivity index (χ4n) is 2.18. The van der Waals surface area contributed by atoms with E-state index in [9.17, 15) is 0 Å². The van der Waals surface area contributed by atoms with E-state index in [-0.39, 0.29) is 0 Å². The number of ether oxygens (including phenoxy) is 1. The molecule has 114 valence electrons. The van der Waals surface area contributed by atoms with Crippen LogP contribution in [-0.4, -0.2) is 39.6 Å². The molecule has 1 fully saturated rings. The van der Waals surface area contributed by atoms with Crippen molar-refractivity contribution in [1.82, 2.24) is 0 Å². The van der Waals surface area contributed by atoms with E-state index >= 15 is 0 Å². The molecule has 0 N–H and O–H groups in total. The lowest BCUT2D eigenvalue weighted by Gasteiger charge is -2.18. The van der Waals surface area contributed by atoms with Crippen molar-refractivity contribution in [3.63, 3.8) is 0 Å². The Morgan fingerprint density at radius 2 is 1.73 bits per heavy atom. The third kappa shape index (κ3) is 3.86. The van der Waals surface area contributed by atoms with Crippen molar-refractivity contribution >= 4 is 17.6 Å². The molecule has 4 heteroatoms. The second kappa shape index (κ2) is 6.62. The Kier molecular flexibility index (Phi) is 4.39. The number of hydrogen-bond donors (Lipinski definition) is 0. The number of rotatable bonds is 6. The number of hydrogen-bond acceptors (Lipinski definition) is 4. The Balaban J connectivity index is 1.74. The Bertz CT molecular complexity index is 619. The SMILES string of the molecule is CN(C)c1ccc(C=NN(CC2CO2)c2ccccc2)cc1. The van der Waals surface area contributed by atoms with Crippen molar-refractivity contribution in [2.45, 2.75) is 6.10 Å². The molecule has 1 aliphatic rings. The molecular weight excluding hydrogens is 274 g/mol. The van der Waals surface area contributed by atoms with Gasteiger partial charge < -0.3 is 9.64 Å². The van der Waals surface area contributed by atoms with Crippen LogP contribution in [0.2, 0.25) is 0 Å². The van der Waals surface area contributed by atoms with Crippen LogP contribution in [0.1, 0.15) is 5.56 Å². The van der Waals surface area contributed by atoms with Gasteiger partial charge in [-0.2, -0.15) is 5.10 Å². The minimum atomic E-state index is 0.300. The molecule has 1 atom stereocenters. The first-order valence-electron chi connectivity index (χ1n) is 7.48. The zero-order valence-corrected chi connectivity index (χ0v) is 13.0. The maximum atomic E-state index is 5.33. The van der Waals surface area contributed by atoms with Gasteiger partial charge in [0.25, 0.3) is 0 Å². The standard InChI is InChI=1S/C18H21N3O/c1-20(2)16-10-8-15(9-11-16)12-19-21(13-18-14-22-18)17-6-4-3-5-7-17/h3-12,18H,13-14H2,1-2H3. The fourth-order valence-corrected chi connectivity index (χ4v) is 2.18. The molecule has 0 amide bonds. The summed E-state index contributed by atoms with van der Waals surface area (Å²) in [5.74, 6) is 0. The molecule has 2 aromatic carbocycles. The van der Waals surface area contributed by atoms with Crippen LogP contribution in [0.5, 0.6) is 0 Å². The molecule has 0 saturated carbocycles. The molecule has 1 unspecified atom stereocenters. The van der Waals surface area contributed by atoms with E-state index in [0.29, 0.717) is 6.10 Å². The highest BCUT2D eigenvalue weighted by molar-refractivity contribution is 5.81. The van der Waals surface area contributed by atoms with Gasteiger partial charge in [-0.1, -0.05) is 30.3 Å². The molecule has 1 saturated heterocycles. The largest absolute Gasteiger partial charge is 0.378 e. The van der Waals surface area contributed by atoms with Crippen molar-refractivity contribution < 1.29 is 4.74 Å². The average molecular weight is 295 g/mol. The third-order valence-electron chi connectivity index (χ3n) is 3.59. The summed E-state index contributed by atoms with van der Waals surface area (Å²) in [6.45, 7) is 1.62. The zero-order valence-electron chi connectivity index (χ0n) is 13.0. The predicted octanol–water partition coefficient (Wildman–Crippen LogP) is 2.99. The highest BCUT2D eigenvalue weighted by Gasteiger charge is 2.25. The molecule has 0 aromatic heterocycles. The minimum Gasteiger partial charge on any atom is -0.378 e. The Morgan fingerprint density at radius 1 is 1.05 bits per heavy atom. The molecule has 1 heterocycles. The monoisotopic (exact) mass is 295 g/mol. The summed E-state index contributed by atoms with van der Waals surface area (Å²) in [4.78, 5) is 2.08. The molecule has 22 heavy (non-hydrogen) atoms. The van der Waals surface area contributed by atoms with Gasteiger partial charge in [-0.25, -0.2) is 0 Å². The van der Waals surface area contributed by atoms with Crippen LogP contribution in [0.3, 0.4) is 0 Å². The lowest BCUT2D eigenvalue weighted by Crippen LogP contribution is -2.22. The number of hydrazone groups is 1. The predicted molar refractivity (Wildman–Crippen MR) is 91.9 cm³/mol. The van der Waals surface area contributed by atoms with Crippen LogP contribution in [0.15, 0.2) is 59.7 Å². The topological polar surface area (TPSA) is 31.4 Å². The van der Waals surface area contributed by atoms with Gasteiger partial charge in [0, 0.05) is 19.8 Å². The number of nitrogens with zero attached hydrogens (tertiary/aromatic N) is 3. The van der Waals surface area contributed by atoms with Crippen LogP contribution in [-0.2, 0) is 4.74 Å². The molecule has 1 aliphatic heterocycles. The van der Waals surface area contributed by atoms with Crippen molar-refractivity contribution in [2.24, 2.45) is 5.10 Å². The number of benzene rings is 2. The molecule has 3 rings (SSSR count). The molecule has 4 nitrogen and oxygen atoms in total. The van der Waals surface area contributed by atoms with E-state index in [2.05, 4.69) is 46.4 Å². The van der Waals surface area contributed by atoms with Gasteiger partial charge in [-0.3, -0.25) is 5.01 Å². The molecule has 0 bridgehead atoms. The zero-order chi connectivity index (χ0) is 15.4. The molecule has 0 spiro atoms. The lowest BCUT2D eigenvalue weighted by atomic mass is 10.2. The molecule has 2 aromatic rings. The van der Waals surface area contributed by atoms with E-state index in [1.165, 1.54) is 5.69 Å². The van der Waals surface area contributed by atoms with Crippen LogP contribution in [0.4, 0.5) is 11.4 Å². The second-order valence-corrected chi connectivity index (χ2v) is 5.60. The number of epoxide rings is 1. The summed E-state index contributed by atoms with van der Waals surface area (Å²) in [5.41, 5.74) is 3.35. The van der Waals surface area contributed by atoms with Gasteiger partial charge in [0.2, 0.25) is 0 Å². The third-order valence-corrected chi connectivity index (χ3v) is 3.59. The van der Waals surface area contributed by atoms with E-state index in [0.717, 1.165) is 24.4 Å². The first-order chi connectivity index (χ1) is 10.7. The summed E-state index contributed by atoms with van der Waals surface area (Å²) in [6, 6.07) is 18.5. The van der Waals surface area contributed by atoms with E-state index in [1.54, 1.807) is 0 Å². The summed E-state index contributed by atoms with van der Waals surface area (Å²) < 4.78 is 5.33. The summed E-state index contributed by atoms with van der Waals surface area (Å²) in [6.07, 6.45) is 2.20. The van der Waals surface area contributed by atoms with Gasteiger partial charge in [-0.15, -0.1) is 0 Å². The molecule has 0 radical (unpaired) electrons. The van der Waals surface area contributed by atoms with Crippen LogP contribution in [0.25, 0.3) is 0 Å².